The molecule has 2 rings (SSSR count). The van der Waals surface area contributed by atoms with Gasteiger partial charge >= 0.3 is 0 Å². The lowest BCUT2D eigenvalue weighted by Gasteiger charge is -2.33. The maximum atomic E-state index is 12.2. The van der Waals surface area contributed by atoms with Gasteiger partial charge in [-0.2, -0.15) is 5.10 Å². The molecule has 1 saturated heterocycles. The van der Waals surface area contributed by atoms with Crippen LogP contribution in [0.4, 0.5) is 5.69 Å². The van der Waals surface area contributed by atoms with Crippen molar-refractivity contribution in [3.63, 3.8) is 0 Å². The SMILES string of the molecule is Cc1n[nH]c(C)c1NC(=O)CN1CCCC1C(C)(C)O. The van der Waals surface area contributed by atoms with Crippen molar-refractivity contribution < 1.29 is 9.90 Å². The Morgan fingerprint density at radius 1 is 1.55 bits per heavy atom. The van der Waals surface area contributed by atoms with Crippen LogP contribution in [0.1, 0.15) is 38.1 Å². The van der Waals surface area contributed by atoms with Gasteiger partial charge in [-0.1, -0.05) is 0 Å². The number of hydrogen-bond donors (Lipinski definition) is 3. The fourth-order valence-corrected chi connectivity index (χ4v) is 2.91. The molecular weight excluding hydrogens is 256 g/mol. The van der Waals surface area contributed by atoms with E-state index in [1.807, 2.05) is 13.8 Å². The maximum Gasteiger partial charge on any atom is 0.238 e. The summed E-state index contributed by atoms with van der Waals surface area (Å²) in [5.74, 6) is -0.0613. The molecule has 20 heavy (non-hydrogen) atoms. The van der Waals surface area contributed by atoms with Crippen LogP contribution < -0.4 is 5.32 Å². The second-order valence-corrected chi connectivity index (χ2v) is 6.14. The normalized spacial score (nSPS) is 20.4. The second kappa shape index (κ2) is 5.54. The molecule has 1 fully saturated rings. The molecule has 0 aromatic carbocycles. The van der Waals surface area contributed by atoms with E-state index < -0.39 is 5.60 Å². The van der Waals surface area contributed by atoms with E-state index in [1.54, 1.807) is 13.8 Å². The Kier molecular flexibility index (Phi) is 4.15. The Bertz CT molecular complexity index is 470. The zero-order chi connectivity index (χ0) is 14.9. The Balaban J connectivity index is 1.98. The molecule has 2 heterocycles. The van der Waals surface area contributed by atoms with Crippen molar-refractivity contribution in [3.8, 4) is 0 Å². The van der Waals surface area contributed by atoms with E-state index in [0.717, 1.165) is 36.5 Å². The topological polar surface area (TPSA) is 81.2 Å². The average Bonchev–Trinajstić information content (AvgIpc) is 2.90. The van der Waals surface area contributed by atoms with Gasteiger partial charge in [0.15, 0.2) is 0 Å². The first-order chi connectivity index (χ1) is 9.29. The first kappa shape index (κ1) is 15.0. The number of nitrogens with one attached hydrogen (secondary N) is 2. The van der Waals surface area contributed by atoms with E-state index in [9.17, 15) is 9.90 Å². The molecule has 0 aliphatic carbocycles. The third-order valence-corrected chi connectivity index (χ3v) is 3.92. The molecule has 112 valence electrons. The highest BCUT2D eigenvalue weighted by atomic mass is 16.3. The van der Waals surface area contributed by atoms with Crippen LogP contribution in [0.15, 0.2) is 0 Å². The van der Waals surface area contributed by atoms with E-state index in [2.05, 4.69) is 20.4 Å². The van der Waals surface area contributed by atoms with E-state index in [-0.39, 0.29) is 11.9 Å². The Labute approximate surface area is 119 Å². The van der Waals surface area contributed by atoms with Crippen LogP contribution in [-0.4, -0.2) is 50.8 Å². The van der Waals surface area contributed by atoms with Gasteiger partial charge in [0.1, 0.15) is 0 Å². The smallest absolute Gasteiger partial charge is 0.238 e. The van der Waals surface area contributed by atoms with Crippen LogP contribution in [0.2, 0.25) is 0 Å². The summed E-state index contributed by atoms with van der Waals surface area (Å²) in [5, 5.41) is 20.0. The number of nitrogens with zero attached hydrogens (tertiary/aromatic N) is 2. The van der Waals surface area contributed by atoms with Gasteiger partial charge in [0, 0.05) is 6.04 Å². The largest absolute Gasteiger partial charge is 0.389 e. The summed E-state index contributed by atoms with van der Waals surface area (Å²) in [6.07, 6.45) is 1.95. The summed E-state index contributed by atoms with van der Waals surface area (Å²) in [6, 6.07) is 0.0415. The van der Waals surface area contributed by atoms with Gasteiger partial charge in [-0.3, -0.25) is 14.8 Å². The zero-order valence-electron chi connectivity index (χ0n) is 12.7. The van der Waals surface area contributed by atoms with Crippen molar-refractivity contribution in [2.45, 2.75) is 52.2 Å². The minimum atomic E-state index is -0.780. The van der Waals surface area contributed by atoms with E-state index >= 15 is 0 Å². The molecule has 0 radical (unpaired) electrons. The van der Waals surface area contributed by atoms with Crippen molar-refractivity contribution in [2.24, 2.45) is 0 Å². The Morgan fingerprint density at radius 3 is 2.80 bits per heavy atom. The van der Waals surface area contributed by atoms with Gasteiger partial charge in [0.25, 0.3) is 0 Å². The van der Waals surface area contributed by atoms with Gasteiger partial charge in [0.2, 0.25) is 5.91 Å². The number of likely N-dealkylation sites (tertiary alicyclic amines) is 1. The standard InChI is InChI=1S/C14H24N4O2/c1-9-13(10(2)17-16-9)15-12(19)8-18-7-5-6-11(18)14(3,4)20/h11,20H,5-8H2,1-4H3,(H,15,19)(H,16,17). The third-order valence-electron chi connectivity index (χ3n) is 3.92. The number of anilines is 1. The number of rotatable bonds is 4. The Morgan fingerprint density at radius 2 is 2.25 bits per heavy atom. The van der Waals surface area contributed by atoms with Crippen molar-refractivity contribution >= 4 is 11.6 Å². The van der Waals surface area contributed by atoms with Gasteiger partial charge in [-0.05, 0) is 47.1 Å². The first-order valence-corrected chi connectivity index (χ1v) is 7.07. The summed E-state index contributed by atoms with van der Waals surface area (Å²) >= 11 is 0. The molecule has 1 aliphatic heterocycles. The predicted octanol–water partition coefficient (Wildman–Crippen LogP) is 1.20. The van der Waals surface area contributed by atoms with Crippen LogP contribution in [0, 0.1) is 13.8 Å². The van der Waals surface area contributed by atoms with Crippen molar-refractivity contribution in [1.82, 2.24) is 15.1 Å². The van der Waals surface area contributed by atoms with Crippen LogP contribution in [0.25, 0.3) is 0 Å². The van der Waals surface area contributed by atoms with Crippen molar-refractivity contribution in [1.29, 1.82) is 0 Å². The summed E-state index contributed by atoms with van der Waals surface area (Å²) < 4.78 is 0. The molecule has 1 unspecified atom stereocenters. The second-order valence-electron chi connectivity index (χ2n) is 6.14. The minimum Gasteiger partial charge on any atom is -0.389 e. The zero-order valence-corrected chi connectivity index (χ0v) is 12.7. The molecule has 1 amide bonds. The fraction of sp³-hybridized carbons (Fsp3) is 0.714. The summed E-state index contributed by atoms with van der Waals surface area (Å²) in [7, 11) is 0. The molecule has 3 N–H and O–H groups in total. The lowest BCUT2D eigenvalue weighted by molar-refractivity contribution is -0.118. The molecule has 1 atom stereocenters. The summed E-state index contributed by atoms with van der Waals surface area (Å²) in [6.45, 7) is 8.50. The highest BCUT2D eigenvalue weighted by molar-refractivity contribution is 5.93. The third kappa shape index (κ3) is 3.19. The van der Waals surface area contributed by atoms with Crippen LogP contribution in [0.3, 0.4) is 0 Å². The highest BCUT2D eigenvalue weighted by Gasteiger charge is 2.36. The van der Waals surface area contributed by atoms with E-state index in [0.29, 0.717) is 6.54 Å². The molecule has 6 nitrogen and oxygen atoms in total. The number of aryl methyl sites for hydroxylation is 2. The maximum absolute atomic E-state index is 12.2. The number of aliphatic hydroxyl groups is 1. The molecule has 6 heteroatoms. The summed E-state index contributed by atoms with van der Waals surface area (Å²) in [5.41, 5.74) is 1.62. The van der Waals surface area contributed by atoms with E-state index in [4.69, 9.17) is 0 Å². The van der Waals surface area contributed by atoms with Gasteiger partial charge in [-0.25, -0.2) is 0 Å². The van der Waals surface area contributed by atoms with Crippen molar-refractivity contribution in [2.75, 3.05) is 18.4 Å². The fourth-order valence-electron chi connectivity index (χ4n) is 2.91. The van der Waals surface area contributed by atoms with Gasteiger partial charge in [-0.15, -0.1) is 0 Å². The number of H-pyrrole nitrogens is 1. The van der Waals surface area contributed by atoms with E-state index in [1.165, 1.54) is 0 Å². The number of amides is 1. The number of aromatic amines is 1. The van der Waals surface area contributed by atoms with Crippen LogP contribution >= 0.6 is 0 Å². The minimum absolute atomic E-state index is 0.0415. The lowest BCUT2D eigenvalue weighted by atomic mass is 9.97. The summed E-state index contributed by atoms with van der Waals surface area (Å²) in [4.78, 5) is 14.2. The van der Waals surface area contributed by atoms with Crippen LogP contribution in [-0.2, 0) is 4.79 Å². The molecule has 1 aromatic heterocycles. The number of carbonyl (C=O) groups is 1. The lowest BCUT2D eigenvalue weighted by Crippen LogP contribution is -2.48. The van der Waals surface area contributed by atoms with Crippen LogP contribution in [0.5, 0.6) is 0 Å². The Hall–Kier alpha value is -1.40. The van der Waals surface area contributed by atoms with Crippen molar-refractivity contribution in [3.05, 3.63) is 11.4 Å². The quantitative estimate of drug-likeness (QED) is 0.774. The first-order valence-electron chi connectivity index (χ1n) is 7.07. The predicted molar refractivity (Wildman–Crippen MR) is 77.6 cm³/mol. The molecule has 1 aromatic rings. The molecule has 1 aliphatic rings. The highest BCUT2D eigenvalue weighted by Crippen LogP contribution is 2.26. The molecular formula is C14H24N4O2. The number of aromatic nitrogens is 2. The monoisotopic (exact) mass is 280 g/mol. The molecule has 0 spiro atoms. The van der Waals surface area contributed by atoms with Gasteiger partial charge in [0.05, 0.1) is 29.2 Å². The number of carbonyl (C=O) groups excluding carboxylic acids is 1. The van der Waals surface area contributed by atoms with Gasteiger partial charge < -0.3 is 10.4 Å². The number of hydrogen-bond acceptors (Lipinski definition) is 4. The molecule has 0 saturated carbocycles. The molecule has 0 bridgehead atoms. The average molecular weight is 280 g/mol.